The Kier molecular flexibility index (Phi) is 6.84. The third-order valence-corrected chi connectivity index (χ3v) is 5.43. The molecule has 3 rings (SSSR count). The smallest absolute Gasteiger partial charge is 0.416 e. The summed E-state index contributed by atoms with van der Waals surface area (Å²) in [6.07, 6.45) is -2.25. The van der Waals surface area contributed by atoms with Gasteiger partial charge in [0.1, 0.15) is 5.75 Å². The molecule has 0 unspecified atom stereocenters. The van der Waals surface area contributed by atoms with Crippen LogP contribution in [-0.2, 0) is 19.0 Å². The number of hydrogen-bond acceptors (Lipinski definition) is 4. The predicted molar refractivity (Wildman–Crippen MR) is 108 cm³/mol. The molecular weight excluding hydrogens is 399 g/mol. The summed E-state index contributed by atoms with van der Waals surface area (Å²) < 4.78 is 46.1. The number of ether oxygens (including phenoxy) is 1. The van der Waals surface area contributed by atoms with Gasteiger partial charge in [0, 0.05) is 18.4 Å². The number of nitrogens with zero attached hydrogens (tertiary/aromatic N) is 3. The first-order valence-corrected chi connectivity index (χ1v) is 10.3. The summed E-state index contributed by atoms with van der Waals surface area (Å²) in [7, 11) is 1.84. The van der Waals surface area contributed by atoms with Gasteiger partial charge in [0.2, 0.25) is 0 Å². The highest BCUT2D eigenvalue weighted by Crippen LogP contribution is 2.31. The van der Waals surface area contributed by atoms with Gasteiger partial charge < -0.3 is 9.30 Å². The molecule has 0 aliphatic rings. The molecule has 8 heteroatoms. The minimum Gasteiger partial charge on any atom is -0.494 e. The van der Waals surface area contributed by atoms with Crippen LogP contribution in [0, 0.1) is 0 Å². The number of unbranched alkanes of at least 4 members (excludes halogenated alkanes) is 1. The van der Waals surface area contributed by atoms with Crippen molar-refractivity contribution in [3.63, 3.8) is 0 Å². The van der Waals surface area contributed by atoms with Crippen molar-refractivity contribution < 1.29 is 17.9 Å². The van der Waals surface area contributed by atoms with Crippen molar-refractivity contribution in [2.45, 2.75) is 36.9 Å². The van der Waals surface area contributed by atoms with Gasteiger partial charge in [-0.25, -0.2) is 0 Å². The molecular formula is C21H22F3N3OS. The van der Waals surface area contributed by atoms with Crippen LogP contribution < -0.4 is 4.74 Å². The third kappa shape index (κ3) is 5.53. The van der Waals surface area contributed by atoms with Crippen LogP contribution in [0.4, 0.5) is 13.2 Å². The highest BCUT2D eigenvalue weighted by atomic mass is 32.2. The molecule has 1 heterocycles. The van der Waals surface area contributed by atoms with Gasteiger partial charge in [0.25, 0.3) is 0 Å². The van der Waals surface area contributed by atoms with Crippen LogP contribution in [0.15, 0.2) is 53.7 Å². The summed E-state index contributed by atoms with van der Waals surface area (Å²) in [5.74, 6) is 1.88. The summed E-state index contributed by atoms with van der Waals surface area (Å²) >= 11 is 1.35. The number of aromatic nitrogens is 3. The highest BCUT2D eigenvalue weighted by Gasteiger charge is 2.30. The fourth-order valence-corrected chi connectivity index (χ4v) is 3.57. The molecule has 0 bridgehead atoms. The average Bonchev–Trinajstić information content (AvgIpc) is 3.07. The minimum atomic E-state index is -4.34. The molecule has 4 nitrogen and oxygen atoms in total. The molecule has 0 aliphatic heterocycles. The van der Waals surface area contributed by atoms with Crippen LogP contribution >= 0.6 is 11.8 Å². The molecule has 3 aromatic rings. The van der Waals surface area contributed by atoms with E-state index in [1.807, 2.05) is 35.9 Å². The van der Waals surface area contributed by atoms with E-state index in [9.17, 15) is 13.2 Å². The Hall–Kier alpha value is -2.48. The second-order valence-electron chi connectivity index (χ2n) is 6.58. The molecule has 0 amide bonds. The second-order valence-corrected chi connectivity index (χ2v) is 7.52. The molecule has 154 valence electrons. The Balaban J connectivity index is 1.67. The van der Waals surface area contributed by atoms with Gasteiger partial charge in [0.15, 0.2) is 11.0 Å². The maximum atomic E-state index is 12.9. The van der Waals surface area contributed by atoms with Gasteiger partial charge in [-0.15, -0.1) is 10.2 Å². The van der Waals surface area contributed by atoms with E-state index in [2.05, 4.69) is 17.1 Å². The summed E-state index contributed by atoms with van der Waals surface area (Å²) in [4.78, 5) is 0. The first-order chi connectivity index (χ1) is 13.9. The normalized spacial score (nSPS) is 11.6. The van der Waals surface area contributed by atoms with Gasteiger partial charge >= 0.3 is 6.18 Å². The summed E-state index contributed by atoms with van der Waals surface area (Å²) in [5, 5.41) is 9.05. The first-order valence-electron chi connectivity index (χ1n) is 9.30. The van der Waals surface area contributed by atoms with E-state index in [4.69, 9.17) is 4.74 Å². The Labute approximate surface area is 172 Å². The number of rotatable bonds is 8. The molecule has 0 fully saturated rings. The van der Waals surface area contributed by atoms with Crippen LogP contribution in [0.3, 0.4) is 0 Å². The standard InChI is InChI=1S/C21H22F3N3OS/c1-3-4-12-28-18-10-8-16(9-11-18)19-25-26-20(27(19)2)29-14-15-6-5-7-17(13-15)21(22,23)24/h5-11,13H,3-4,12,14H2,1-2H3. The topological polar surface area (TPSA) is 39.9 Å². The lowest BCUT2D eigenvalue weighted by Gasteiger charge is -2.09. The maximum absolute atomic E-state index is 12.9. The second kappa shape index (κ2) is 9.35. The van der Waals surface area contributed by atoms with Crippen molar-refractivity contribution in [1.29, 1.82) is 0 Å². The fraction of sp³-hybridized carbons (Fsp3) is 0.333. The third-order valence-electron chi connectivity index (χ3n) is 4.34. The van der Waals surface area contributed by atoms with Crippen molar-refractivity contribution in [3.8, 4) is 17.1 Å². The lowest BCUT2D eigenvalue weighted by molar-refractivity contribution is -0.137. The quantitative estimate of drug-likeness (QED) is 0.332. The molecule has 1 aromatic heterocycles. The molecule has 0 radical (unpaired) electrons. The maximum Gasteiger partial charge on any atom is 0.416 e. The van der Waals surface area contributed by atoms with Crippen molar-refractivity contribution in [1.82, 2.24) is 14.8 Å². The van der Waals surface area contributed by atoms with E-state index in [0.29, 0.717) is 28.9 Å². The minimum absolute atomic E-state index is 0.375. The molecule has 0 spiro atoms. The van der Waals surface area contributed by atoms with Crippen LogP contribution in [-0.4, -0.2) is 21.4 Å². The Morgan fingerprint density at radius 2 is 1.83 bits per heavy atom. The van der Waals surface area contributed by atoms with Crippen molar-refractivity contribution in [2.24, 2.45) is 7.05 Å². The van der Waals surface area contributed by atoms with E-state index in [0.717, 1.165) is 30.2 Å². The summed E-state index contributed by atoms with van der Waals surface area (Å²) in [5.41, 5.74) is 0.840. The van der Waals surface area contributed by atoms with Crippen molar-refractivity contribution in [3.05, 3.63) is 59.7 Å². The lowest BCUT2D eigenvalue weighted by atomic mass is 10.1. The number of thioether (sulfide) groups is 1. The lowest BCUT2D eigenvalue weighted by Crippen LogP contribution is -2.05. The Morgan fingerprint density at radius 3 is 2.52 bits per heavy atom. The predicted octanol–water partition coefficient (Wildman–Crippen LogP) is 5.97. The number of hydrogen-bond donors (Lipinski definition) is 0. The first kappa shape index (κ1) is 21.2. The van der Waals surface area contributed by atoms with Crippen LogP contribution in [0.5, 0.6) is 5.75 Å². The van der Waals surface area contributed by atoms with Crippen molar-refractivity contribution in [2.75, 3.05) is 6.61 Å². The zero-order valence-electron chi connectivity index (χ0n) is 16.2. The summed E-state index contributed by atoms with van der Waals surface area (Å²) in [6, 6.07) is 13.0. The molecule has 0 saturated carbocycles. The molecule has 0 aliphatic carbocycles. The van der Waals surface area contributed by atoms with Crippen LogP contribution in [0.2, 0.25) is 0 Å². The number of benzene rings is 2. The Bertz CT molecular complexity index is 939. The van der Waals surface area contributed by atoms with E-state index in [-0.39, 0.29) is 0 Å². The molecule has 0 saturated heterocycles. The van der Waals surface area contributed by atoms with E-state index in [1.54, 1.807) is 6.07 Å². The zero-order valence-corrected chi connectivity index (χ0v) is 17.1. The van der Waals surface area contributed by atoms with Crippen LogP contribution in [0.1, 0.15) is 30.9 Å². The monoisotopic (exact) mass is 421 g/mol. The number of alkyl halides is 3. The van der Waals surface area contributed by atoms with Gasteiger partial charge in [-0.3, -0.25) is 0 Å². The zero-order chi connectivity index (χ0) is 20.9. The van der Waals surface area contributed by atoms with Gasteiger partial charge in [-0.05, 0) is 42.3 Å². The fourth-order valence-electron chi connectivity index (χ4n) is 2.71. The number of halogens is 3. The average molecular weight is 421 g/mol. The van der Waals surface area contributed by atoms with E-state index in [1.165, 1.54) is 23.9 Å². The molecule has 2 aromatic carbocycles. The molecule has 0 atom stereocenters. The SMILES string of the molecule is CCCCOc1ccc(-c2nnc(SCc3cccc(C(F)(F)F)c3)n2C)cc1. The van der Waals surface area contributed by atoms with Gasteiger partial charge in [-0.2, -0.15) is 13.2 Å². The van der Waals surface area contributed by atoms with E-state index >= 15 is 0 Å². The Morgan fingerprint density at radius 1 is 1.07 bits per heavy atom. The van der Waals surface area contributed by atoms with Crippen molar-refractivity contribution >= 4 is 11.8 Å². The highest BCUT2D eigenvalue weighted by molar-refractivity contribution is 7.98. The van der Waals surface area contributed by atoms with Gasteiger partial charge in [-0.1, -0.05) is 43.3 Å². The largest absolute Gasteiger partial charge is 0.494 e. The molecule has 29 heavy (non-hydrogen) atoms. The van der Waals surface area contributed by atoms with Crippen LogP contribution in [0.25, 0.3) is 11.4 Å². The van der Waals surface area contributed by atoms with E-state index < -0.39 is 11.7 Å². The summed E-state index contributed by atoms with van der Waals surface area (Å²) in [6.45, 7) is 2.80. The van der Waals surface area contributed by atoms with Gasteiger partial charge in [0.05, 0.1) is 12.2 Å². The molecule has 0 N–H and O–H groups in total.